The summed E-state index contributed by atoms with van der Waals surface area (Å²) in [5.74, 6) is -3.61. The van der Waals surface area contributed by atoms with Gasteiger partial charge < -0.3 is 19.7 Å². The Morgan fingerprint density at radius 2 is 1.44 bits per heavy atom. The maximum atomic E-state index is 9.86. The fourth-order valence-corrected chi connectivity index (χ4v) is 0.297. The molecule has 0 aromatic carbocycles. The van der Waals surface area contributed by atoms with Gasteiger partial charge in [0.2, 0.25) is 0 Å². The van der Waals surface area contributed by atoms with E-state index in [0.29, 0.717) is 6.61 Å². The third-order valence-electron chi connectivity index (χ3n) is 0.725. The zero-order valence-electron chi connectivity index (χ0n) is 9.26. The van der Waals surface area contributed by atoms with Crippen LogP contribution in [-0.4, -0.2) is 40.7 Å². The van der Waals surface area contributed by atoms with E-state index in [1.165, 1.54) is 0 Å². The van der Waals surface area contributed by atoms with E-state index in [0.717, 1.165) is 13.8 Å². The second-order valence-corrected chi connectivity index (χ2v) is 2.24. The van der Waals surface area contributed by atoms with Crippen LogP contribution >= 0.6 is 0 Å². The van der Waals surface area contributed by atoms with Gasteiger partial charge in [-0.2, -0.15) is 0 Å². The molecule has 8 nitrogen and oxygen atoms in total. The smallest absolute Gasteiger partial charge is 0.341 e. The van der Waals surface area contributed by atoms with Gasteiger partial charge in [0.05, 0.1) is 0 Å². The minimum absolute atomic E-state index is 0. The van der Waals surface area contributed by atoms with Crippen LogP contribution in [0.1, 0.15) is 13.8 Å². The van der Waals surface area contributed by atoms with Gasteiger partial charge in [0.1, 0.15) is 0 Å². The van der Waals surface area contributed by atoms with Crippen molar-refractivity contribution >= 4 is 23.9 Å². The van der Waals surface area contributed by atoms with E-state index in [1.807, 2.05) is 0 Å². The van der Waals surface area contributed by atoms with E-state index in [1.54, 1.807) is 0 Å². The minimum Gasteiger partial charge on any atom is -0.607 e. The van der Waals surface area contributed by atoms with Crippen LogP contribution < -0.4 is 0 Å². The molecule has 0 unspecified atom stereocenters. The number of hydrogen-bond donors (Lipinski definition) is 2. The molecule has 0 fully saturated rings. The zero-order chi connectivity index (χ0) is 13.1. The molecule has 0 radical (unpaired) electrons. The third kappa shape index (κ3) is 36.3. The van der Waals surface area contributed by atoms with Crippen LogP contribution in [-0.2, 0) is 69.5 Å². The van der Waals surface area contributed by atoms with Crippen LogP contribution in [0, 0.1) is 6.61 Å². The number of hydrogen-bond acceptors (Lipinski definition) is 6. The number of aliphatic carboxylic acids is 2. The molecule has 0 aromatic rings. The second kappa shape index (κ2) is 16.1. The SMILES string of the molecule is CC(=O)OCC(=O)O.CC(=O)O[CH-]C(=O)O.[Pd].[Pd]. The molecule has 0 atom stereocenters. The Hall–Kier alpha value is -0.925. The molecule has 18 heavy (non-hydrogen) atoms. The van der Waals surface area contributed by atoms with Gasteiger partial charge in [-0.1, -0.05) is 0 Å². The molecule has 112 valence electrons. The predicted molar refractivity (Wildman–Crippen MR) is 48.0 cm³/mol. The number of carboxylic acids is 2. The van der Waals surface area contributed by atoms with Gasteiger partial charge in [-0.05, 0) is 0 Å². The third-order valence-corrected chi connectivity index (χ3v) is 0.725. The van der Waals surface area contributed by atoms with Crippen molar-refractivity contribution in [1.29, 1.82) is 0 Å². The first-order valence-electron chi connectivity index (χ1n) is 3.84. The van der Waals surface area contributed by atoms with Gasteiger partial charge in [0.25, 0.3) is 5.97 Å². The summed E-state index contributed by atoms with van der Waals surface area (Å²) in [4.78, 5) is 38.9. The number of carboxylic acid groups (broad SMARTS) is 2. The van der Waals surface area contributed by atoms with Crippen molar-refractivity contribution in [2.45, 2.75) is 13.8 Å². The van der Waals surface area contributed by atoms with E-state index in [-0.39, 0.29) is 40.8 Å². The number of ether oxygens (including phenoxy) is 2. The number of carbonyl (C=O) groups excluding carboxylic acids is 2. The van der Waals surface area contributed by atoms with Crippen LogP contribution in [0.4, 0.5) is 0 Å². The van der Waals surface area contributed by atoms with Gasteiger partial charge >= 0.3 is 11.9 Å². The first-order chi connectivity index (χ1) is 7.25. The van der Waals surface area contributed by atoms with E-state index >= 15 is 0 Å². The number of esters is 2. The van der Waals surface area contributed by atoms with Gasteiger partial charge in [-0.15, -0.1) is 6.61 Å². The van der Waals surface area contributed by atoms with E-state index in [9.17, 15) is 19.2 Å². The Balaban J connectivity index is -0.0000000980. The Labute approximate surface area is 130 Å². The van der Waals surface area contributed by atoms with Gasteiger partial charge in [0.15, 0.2) is 12.6 Å². The molecule has 0 aliphatic carbocycles. The summed E-state index contributed by atoms with van der Waals surface area (Å²) in [6.45, 7) is 2.17. The average molecular weight is 448 g/mol. The summed E-state index contributed by atoms with van der Waals surface area (Å²) in [7, 11) is 0. The van der Waals surface area contributed by atoms with E-state index in [2.05, 4.69) is 9.47 Å². The molecule has 10 heteroatoms. The van der Waals surface area contributed by atoms with Crippen molar-refractivity contribution in [3.8, 4) is 0 Å². The molecule has 0 aliphatic heterocycles. The van der Waals surface area contributed by atoms with Gasteiger partial charge in [-0.3, -0.25) is 14.4 Å². The fraction of sp³-hybridized carbons (Fsp3) is 0.375. The summed E-state index contributed by atoms with van der Waals surface area (Å²) in [5, 5.41) is 15.7. The average Bonchev–Trinajstić information content (AvgIpc) is 2.12. The second-order valence-electron chi connectivity index (χ2n) is 2.24. The van der Waals surface area contributed by atoms with E-state index in [4.69, 9.17) is 10.2 Å². The first-order valence-corrected chi connectivity index (χ1v) is 3.84. The summed E-state index contributed by atoms with van der Waals surface area (Å²) in [5.41, 5.74) is 0. The Kier molecular flexibility index (Phi) is 23.0. The van der Waals surface area contributed by atoms with Crippen LogP contribution in [0.3, 0.4) is 0 Å². The molecule has 0 bridgehead atoms. The van der Waals surface area contributed by atoms with Crippen LogP contribution in [0.5, 0.6) is 0 Å². The maximum absolute atomic E-state index is 9.86. The molecule has 0 saturated heterocycles. The van der Waals surface area contributed by atoms with Crippen molar-refractivity contribution in [1.82, 2.24) is 0 Å². The van der Waals surface area contributed by atoms with Crippen LogP contribution in [0.2, 0.25) is 0 Å². The molecular formula is C8H11O8Pd2-. The topological polar surface area (TPSA) is 127 Å². The van der Waals surface area contributed by atoms with Gasteiger partial charge in [-0.25, -0.2) is 4.79 Å². The molecule has 0 rings (SSSR count). The standard InChI is InChI=1S/C4H6O4.C4H5O4.2Pd/c2*1-3(5)8-2-4(6)7;;/h2H2,1H3,(H,6,7);2H,1H3,(H,6,7);;/q;-1;;. The monoisotopic (exact) mass is 447 g/mol. The molecule has 0 aromatic heterocycles. The Morgan fingerprint density at radius 1 is 1.00 bits per heavy atom. The predicted octanol–water partition coefficient (Wildman–Crippen LogP) is -0.575. The molecule has 0 heterocycles. The maximum Gasteiger partial charge on any atom is 0.341 e. The molecule has 0 aliphatic rings. The largest absolute Gasteiger partial charge is 0.607 e. The molecule has 0 spiro atoms. The summed E-state index contributed by atoms with van der Waals surface area (Å²) < 4.78 is 8.00. The summed E-state index contributed by atoms with van der Waals surface area (Å²) in [6.07, 6.45) is 0. The summed E-state index contributed by atoms with van der Waals surface area (Å²) >= 11 is 0. The van der Waals surface area contributed by atoms with Crippen molar-refractivity contribution in [2.24, 2.45) is 0 Å². The first kappa shape index (κ1) is 25.8. The quantitative estimate of drug-likeness (QED) is 0.333. The van der Waals surface area contributed by atoms with Crippen LogP contribution in [0.25, 0.3) is 0 Å². The Bertz CT molecular complexity index is 222. The number of rotatable bonds is 4. The normalized spacial score (nSPS) is 7.00. The van der Waals surface area contributed by atoms with Crippen molar-refractivity contribution < 1.29 is 79.7 Å². The van der Waals surface area contributed by atoms with Crippen LogP contribution in [0.15, 0.2) is 0 Å². The molecule has 0 saturated carbocycles. The Morgan fingerprint density at radius 3 is 1.56 bits per heavy atom. The van der Waals surface area contributed by atoms with Crippen molar-refractivity contribution in [3.05, 3.63) is 6.61 Å². The molecule has 0 amide bonds. The number of carbonyl (C=O) groups is 4. The minimum atomic E-state index is -1.26. The fourth-order valence-electron chi connectivity index (χ4n) is 0.297. The van der Waals surface area contributed by atoms with E-state index < -0.39 is 30.5 Å². The van der Waals surface area contributed by atoms with Crippen molar-refractivity contribution in [3.63, 3.8) is 0 Å². The zero-order valence-corrected chi connectivity index (χ0v) is 12.4. The molecular weight excluding hydrogens is 437 g/mol. The van der Waals surface area contributed by atoms with Gasteiger partial charge in [0, 0.05) is 54.7 Å². The van der Waals surface area contributed by atoms with Crippen molar-refractivity contribution in [2.75, 3.05) is 6.61 Å². The summed E-state index contributed by atoms with van der Waals surface area (Å²) in [6, 6.07) is 0. The molecule has 2 N–H and O–H groups in total.